The maximum Gasteiger partial charge on any atom is 0.335 e. The van der Waals surface area contributed by atoms with Crippen LogP contribution in [0.2, 0.25) is 22.2 Å². The van der Waals surface area contributed by atoms with Crippen LogP contribution in [0.25, 0.3) is 0 Å². The number of fused-ring (bicyclic) bond motifs is 1. The lowest BCUT2D eigenvalue weighted by molar-refractivity contribution is -0.0272. The smallest absolute Gasteiger partial charge is 0.335 e. The predicted molar refractivity (Wildman–Crippen MR) is 116 cm³/mol. The van der Waals surface area contributed by atoms with Gasteiger partial charge in [0.1, 0.15) is 6.10 Å². The summed E-state index contributed by atoms with van der Waals surface area (Å²) < 4.78 is 27.4. The molecule has 1 N–H and O–H groups in total. The lowest BCUT2D eigenvalue weighted by Gasteiger charge is -2.51. The second kappa shape index (κ2) is 8.98. The van der Waals surface area contributed by atoms with E-state index in [2.05, 4.69) is 67.5 Å². The highest BCUT2D eigenvalue weighted by molar-refractivity contribution is 6.84. The van der Waals surface area contributed by atoms with Crippen molar-refractivity contribution in [1.29, 1.82) is 0 Å². The quantitative estimate of drug-likeness (QED) is 0.662. The van der Waals surface area contributed by atoms with Crippen molar-refractivity contribution >= 4 is 24.5 Å². The molecule has 2 saturated heterocycles. The summed E-state index contributed by atoms with van der Waals surface area (Å²) in [7, 11) is -1.06. The molecule has 157 valence electrons. The van der Waals surface area contributed by atoms with Crippen LogP contribution in [0, 0.1) is 5.92 Å². The largest absolute Gasteiger partial charge is 0.414 e. The zero-order valence-electron chi connectivity index (χ0n) is 19.0. The van der Waals surface area contributed by atoms with Gasteiger partial charge in [0.2, 0.25) is 7.41 Å². The molecule has 2 rings (SSSR count). The molecule has 2 aliphatic rings. The van der Waals surface area contributed by atoms with Gasteiger partial charge in [0.05, 0.1) is 12.7 Å². The molecule has 0 bridgehead atoms. The Balaban J connectivity index is 2.50. The number of nitrogens with one attached hydrogen (secondary N) is 1. The van der Waals surface area contributed by atoms with Crippen molar-refractivity contribution in [2.45, 2.75) is 103 Å². The van der Waals surface area contributed by atoms with Crippen molar-refractivity contribution < 1.29 is 17.7 Å². The molecule has 0 amide bonds. The van der Waals surface area contributed by atoms with Crippen LogP contribution in [-0.4, -0.2) is 56.4 Å². The van der Waals surface area contributed by atoms with Gasteiger partial charge in [-0.1, -0.05) is 62.3 Å². The average molecular weight is 415 g/mol. The van der Waals surface area contributed by atoms with Crippen molar-refractivity contribution in [2.24, 2.45) is 5.92 Å². The Bertz CT molecular complexity index is 476. The minimum Gasteiger partial charge on any atom is -0.414 e. The number of hydrogen-bond acceptors (Lipinski definition) is 5. The van der Waals surface area contributed by atoms with E-state index in [1.54, 1.807) is 0 Å². The number of hydrogen-bond donors (Lipinski definition) is 1. The summed E-state index contributed by atoms with van der Waals surface area (Å²) >= 11 is 0. The highest BCUT2D eigenvalue weighted by Crippen LogP contribution is 2.48. The van der Waals surface area contributed by atoms with Crippen LogP contribution in [0.5, 0.6) is 0 Å². The zero-order chi connectivity index (χ0) is 20.6. The fraction of sp³-hybridized carbons (Fsp3) is 1.00. The van der Waals surface area contributed by atoms with E-state index in [1.807, 2.05) is 14.5 Å². The molecule has 0 saturated carbocycles. The maximum atomic E-state index is 7.22. The fourth-order valence-electron chi connectivity index (χ4n) is 4.74. The van der Waals surface area contributed by atoms with Crippen molar-refractivity contribution in [3.8, 4) is 0 Å². The van der Waals surface area contributed by atoms with E-state index in [4.69, 9.17) is 17.7 Å². The number of ether oxygens (including phenoxy) is 1. The third-order valence-corrected chi connectivity index (χ3v) is 16.6. The first-order valence-electron chi connectivity index (χ1n) is 10.7. The van der Waals surface area contributed by atoms with E-state index >= 15 is 0 Å². The molecule has 0 aromatic rings. The van der Waals surface area contributed by atoms with Gasteiger partial charge >= 0.3 is 17.1 Å². The summed E-state index contributed by atoms with van der Waals surface area (Å²) in [6.45, 7) is 20.8. The van der Waals surface area contributed by atoms with Crippen molar-refractivity contribution in [3.05, 3.63) is 0 Å². The van der Waals surface area contributed by atoms with Gasteiger partial charge in [0, 0.05) is 11.9 Å². The first-order valence-corrected chi connectivity index (χ1v) is 14.6. The van der Waals surface area contributed by atoms with Crippen LogP contribution in [0.15, 0.2) is 0 Å². The summed E-state index contributed by atoms with van der Waals surface area (Å²) in [5.74, 6) is 0.270. The van der Waals surface area contributed by atoms with Crippen LogP contribution in [0.4, 0.5) is 0 Å². The molecule has 0 aromatic heterocycles. The van der Waals surface area contributed by atoms with Gasteiger partial charge in [0.15, 0.2) is 0 Å². The van der Waals surface area contributed by atoms with Gasteiger partial charge in [0.25, 0.3) is 0 Å². The van der Waals surface area contributed by atoms with Crippen LogP contribution in [0.1, 0.15) is 62.3 Å². The molecular weight excluding hydrogens is 373 g/mol. The van der Waals surface area contributed by atoms with Crippen LogP contribution < -0.4 is 5.23 Å². The summed E-state index contributed by atoms with van der Waals surface area (Å²) in [5.41, 5.74) is 1.42. The van der Waals surface area contributed by atoms with E-state index in [-0.39, 0.29) is 24.1 Å². The van der Waals surface area contributed by atoms with Crippen LogP contribution in [0.3, 0.4) is 0 Å². The third kappa shape index (κ3) is 4.27. The van der Waals surface area contributed by atoms with Gasteiger partial charge in [-0.15, -0.1) is 0 Å². The van der Waals surface area contributed by atoms with Gasteiger partial charge in [-0.25, -0.2) is 0 Å². The topological polar surface area (TPSA) is 49.0 Å². The monoisotopic (exact) mass is 414 g/mol. The van der Waals surface area contributed by atoms with Gasteiger partial charge in [-0.2, -0.15) is 0 Å². The zero-order valence-corrected chi connectivity index (χ0v) is 21.0. The molecule has 27 heavy (non-hydrogen) atoms. The Hall–Kier alpha value is 0.299. The SMILES string of the molecule is CN[B][C@@H]1O[C@@H]2CO[Si](C(C)C)(C(C)C)O[Si](C(C)C)(C(C)C)OC2[C@@H]1C. The fourth-order valence-corrected chi connectivity index (χ4v) is 16.0. The highest BCUT2D eigenvalue weighted by Gasteiger charge is 2.60. The second-order valence-electron chi connectivity index (χ2n) is 9.51. The van der Waals surface area contributed by atoms with Crippen molar-refractivity contribution in [3.63, 3.8) is 0 Å². The molecular formula is C19H41BNO4Si2. The first-order chi connectivity index (χ1) is 12.5. The molecule has 0 aromatic carbocycles. The minimum absolute atomic E-state index is 0.0161. The lowest BCUT2D eigenvalue weighted by Crippen LogP contribution is -2.65. The average Bonchev–Trinajstić information content (AvgIpc) is 2.82. The van der Waals surface area contributed by atoms with E-state index in [1.165, 1.54) is 0 Å². The normalized spacial score (nSPS) is 33.4. The molecule has 0 aliphatic carbocycles. The molecule has 5 nitrogen and oxygen atoms in total. The van der Waals surface area contributed by atoms with Gasteiger partial charge in [-0.3, -0.25) is 0 Å². The Labute approximate surface area is 170 Å². The summed E-state index contributed by atoms with van der Waals surface area (Å²) in [5, 5.41) is 3.14. The second-order valence-corrected chi connectivity index (χ2v) is 18.4. The van der Waals surface area contributed by atoms with E-state index in [9.17, 15) is 0 Å². The van der Waals surface area contributed by atoms with Gasteiger partial charge in [-0.05, 0) is 29.2 Å². The summed E-state index contributed by atoms with van der Waals surface area (Å²) in [6, 6.07) is 0.0342. The maximum absolute atomic E-state index is 7.22. The standard InChI is InChI=1S/C19H41BNO4Si2/c1-12(2)26(13(3)4)22-11-17-18(16(9)19(23-17)20-21-10)24-27(25-26,14(5)6)15(7)8/h12-19,21H,11H2,1-10H3/t16-,17+,18?,19+/m0/s1. The van der Waals surface area contributed by atoms with E-state index < -0.39 is 17.1 Å². The Kier molecular flexibility index (Phi) is 7.84. The molecule has 2 fully saturated rings. The van der Waals surface area contributed by atoms with Crippen LogP contribution in [-0.2, 0) is 17.7 Å². The molecule has 4 atom stereocenters. The molecule has 0 spiro atoms. The molecule has 8 heteroatoms. The first kappa shape index (κ1) is 23.6. The summed E-state index contributed by atoms with van der Waals surface area (Å²) in [6.07, 6.45) is -0.0189. The Morgan fingerprint density at radius 3 is 1.85 bits per heavy atom. The lowest BCUT2D eigenvalue weighted by atomic mass is 9.77. The van der Waals surface area contributed by atoms with E-state index in [0.717, 1.165) is 0 Å². The molecule has 1 radical (unpaired) electrons. The Morgan fingerprint density at radius 1 is 0.889 bits per heavy atom. The highest BCUT2D eigenvalue weighted by atomic mass is 28.5. The van der Waals surface area contributed by atoms with E-state index in [0.29, 0.717) is 28.8 Å². The van der Waals surface area contributed by atoms with Crippen molar-refractivity contribution in [1.82, 2.24) is 5.23 Å². The van der Waals surface area contributed by atoms with Crippen LogP contribution >= 0.6 is 0 Å². The molecule has 2 aliphatic heterocycles. The third-order valence-electron chi connectivity index (χ3n) is 6.40. The summed E-state index contributed by atoms with van der Waals surface area (Å²) in [4.78, 5) is 0. The van der Waals surface area contributed by atoms with Gasteiger partial charge < -0.3 is 22.9 Å². The molecule has 1 unspecified atom stereocenters. The Morgan fingerprint density at radius 2 is 1.41 bits per heavy atom. The molecule has 2 heterocycles. The number of rotatable bonds is 6. The predicted octanol–water partition coefficient (Wildman–Crippen LogP) is 4.14. The van der Waals surface area contributed by atoms with Crippen molar-refractivity contribution in [2.75, 3.05) is 13.7 Å². The minimum atomic E-state index is -2.54.